The van der Waals surface area contributed by atoms with E-state index in [1.165, 1.54) is 0 Å². The summed E-state index contributed by atoms with van der Waals surface area (Å²) in [6.45, 7) is 1.60. The molecular formula is C10H13N2+. The van der Waals surface area contributed by atoms with Crippen LogP contribution in [0.4, 0.5) is 0 Å². The third kappa shape index (κ3) is 2.08. The Morgan fingerprint density at radius 3 is 3.00 bits per heavy atom. The summed E-state index contributed by atoms with van der Waals surface area (Å²) in [4.78, 5) is 0. The minimum absolute atomic E-state index is 0.700. The van der Waals surface area contributed by atoms with Gasteiger partial charge in [0.2, 0.25) is 0 Å². The zero-order valence-electron chi connectivity index (χ0n) is 7.03. The summed E-state index contributed by atoms with van der Waals surface area (Å²) in [6, 6.07) is 5.84. The van der Waals surface area contributed by atoms with E-state index in [9.17, 15) is 0 Å². The lowest BCUT2D eigenvalue weighted by molar-refractivity contribution is -0.699. The molecule has 0 spiro atoms. The maximum Gasteiger partial charge on any atom is 0.256 e. The van der Waals surface area contributed by atoms with Gasteiger partial charge in [0.15, 0.2) is 12.7 Å². The molecule has 0 aromatic carbocycles. The van der Waals surface area contributed by atoms with Crippen LogP contribution in [-0.4, -0.2) is 6.54 Å². The number of aromatic nitrogens is 1. The number of nitrogens with two attached hydrogens (primary N) is 1. The summed E-state index contributed by atoms with van der Waals surface area (Å²) >= 11 is 0. The normalized spacial score (nSPS) is 9.33. The van der Waals surface area contributed by atoms with E-state index in [1.54, 1.807) is 0 Å². The van der Waals surface area contributed by atoms with Crippen molar-refractivity contribution in [3.8, 4) is 12.3 Å². The molecule has 1 aromatic heterocycles. The Balaban J connectivity index is 2.77. The fourth-order valence-electron chi connectivity index (χ4n) is 1.06. The molecule has 0 radical (unpaired) electrons. The fourth-order valence-corrected chi connectivity index (χ4v) is 1.06. The lowest BCUT2D eigenvalue weighted by atomic mass is 10.3. The molecule has 2 nitrogen and oxygen atoms in total. The second kappa shape index (κ2) is 4.53. The topological polar surface area (TPSA) is 29.9 Å². The summed E-state index contributed by atoms with van der Waals surface area (Å²) in [5.74, 6) is 2.63. The molecule has 0 aliphatic rings. The van der Waals surface area contributed by atoms with Gasteiger partial charge in [0, 0.05) is 18.6 Å². The van der Waals surface area contributed by atoms with Crippen LogP contribution in [0.25, 0.3) is 0 Å². The molecule has 1 rings (SSSR count). The van der Waals surface area contributed by atoms with Crippen LogP contribution in [0, 0.1) is 12.3 Å². The Morgan fingerprint density at radius 2 is 2.33 bits per heavy atom. The predicted octanol–water partition coefficient (Wildman–Crippen LogP) is 0.304. The van der Waals surface area contributed by atoms with Gasteiger partial charge in [-0.25, -0.2) is 0 Å². The number of hydrogen-bond donors (Lipinski definition) is 1. The monoisotopic (exact) mass is 161 g/mol. The summed E-state index contributed by atoms with van der Waals surface area (Å²) < 4.78 is 2.03. The van der Waals surface area contributed by atoms with Gasteiger partial charge in [-0.05, 0) is 18.5 Å². The van der Waals surface area contributed by atoms with Gasteiger partial charge in [-0.2, -0.15) is 4.57 Å². The maximum absolute atomic E-state index is 5.40. The van der Waals surface area contributed by atoms with Gasteiger partial charge in [0.1, 0.15) is 0 Å². The van der Waals surface area contributed by atoms with Crippen molar-refractivity contribution in [3.63, 3.8) is 0 Å². The van der Waals surface area contributed by atoms with Gasteiger partial charge >= 0.3 is 0 Å². The van der Waals surface area contributed by atoms with Gasteiger partial charge in [0.05, 0.1) is 0 Å². The van der Waals surface area contributed by atoms with E-state index in [4.69, 9.17) is 12.2 Å². The van der Waals surface area contributed by atoms with Crippen molar-refractivity contribution in [1.29, 1.82) is 0 Å². The van der Waals surface area contributed by atoms with Crippen LogP contribution in [0.15, 0.2) is 24.4 Å². The molecule has 2 N–H and O–H groups in total. The third-order valence-electron chi connectivity index (χ3n) is 1.69. The van der Waals surface area contributed by atoms with Crippen LogP contribution in [0.1, 0.15) is 12.1 Å². The molecule has 0 aliphatic carbocycles. The third-order valence-corrected chi connectivity index (χ3v) is 1.69. The first-order valence-corrected chi connectivity index (χ1v) is 4.03. The molecule has 1 heterocycles. The molecule has 0 unspecified atom stereocenters. The van der Waals surface area contributed by atoms with Gasteiger partial charge in [-0.3, -0.25) is 0 Å². The predicted molar refractivity (Wildman–Crippen MR) is 48.2 cm³/mol. The first kappa shape index (κ1) is 8.76. The van der Waals surface area contributed by atoms with E-state index in [-0.39, 0.29) is 0 Å². The molecule has 12 heavy (non-hydrogen) atoms. The summed E-state index contributed by atoms with van der Waals surface area (Å²) in [5, 5.41) is 0. The standard InChI is InChI=1S/C10H13N2/c1-2-10-6-3-4-8-12(10)9-5-7-11/h1,3-4,6,8H,5,7,9,11H2/q+1. The molecule has 0 fully saturated rings. The van der Waals surface area contributed by atoms with Crippen molar-refractivity contribution in [1.82, 2.24) is 0 Å². The van der Waals surface area contributed by atoms with Crippen LogP contribution < -0.4 is 10.3 Å². The summed E-state index contributed by atoms with van der Waals surface area (Å²) in [6.07, 6.45) is 8.26. The first-order valence-electron chi connectivity index (χ1n) is 4.03. The summed E-state index contributed by atoms with van der Waals surface area (Å²) in [7, 11) is 0. The van der Waals surface area contributed by atoms with Crippen LogP contribution in [0.3, 0.4) is 0 Å². The molecule has 62 valence electrons. The highest BCUT2D eigenvalue weighted by molar-refractivity contribution is 5.18. The van der Waals surface area contributed by atoms with Gasteiger partial charge in [0.25, 0.3) is 5.69 Å². The smallest absolute Gasteiger partial charge is 0.256 e. The second-order valence-corrected chi connectivity index (χ2v) is 2.57. The maximum atomic E-state index is 5.40. The van der Waals surface area contributed by atoms with Crippen molar-refractivity contribution >= 4 is 0 Å². The highest BCUT2D eigenvalue weighted by Crippen LogP contribution is 1.88. The van der Waals surface area contributed by atoms with E-state index in [0.29, 0.717) is 6.54 Å². The molecule has 2 heteroatoms. The number of hydrogen-bond acceptors (Lipinski definition) is 1. The van der Waals surface area contributed by atoms with Crippen molar-refractivity contribution in [2.24, 2.45) is 5.73 Å². The Morgan fingerprint density at radius 1 is 1.50 bits per heavy atom. The second-order valence-electron chi connectivity index (χ2n) is 2.57. The van der Waals surface area contributed by atoms with Crippen LogP contribution in [0.2, 0.25) is 0 Å². The van der Waals surface area contributed by atoms with Crippen molar-refractivity contribution in [2.45, 2.75) is 13.0 Å². The lowest BCUT2D eigenvalue weighted by Gasteiger charge is -1.96. The number of rotatable bonds is 3. The van der Waals surface area contributed by atoms with Gasteiger partial charge < -0.3 is 5.73 Å². The number of aryl methyl sites for hydroxylation is 1. The zero-order chi connectivity index (χ0) is 8.81. The zero-order valence-corrected chi connectivity index (χ0v) is 7.03. The minimum Gasteiger partial charge on any atom is -0.330 e. The Hall–Kier alpha value is -1.33. The van der Waals surface area contributed by atoms with Crippen LogP contribution in [-0.2, 0) is 6.54 Å². The largest absolute Gasteiger partial charge is 0.330 e. The molecule has 0 saturated carbocycles. The number of pyridine rings is 1. The highest BCUT2D eigenvalue weighted by Gasteiger charge is 2.03. The molecule has 0 aliphatic heterocycles. The van der Waals surface area contributed by atoms with Gasteiger partial charge in [-0.15, -0.1) is 6.42 Å². The van der Waals surface area contributed by atoms with Crippen molar-refractivity contribution < 1.29 is 4.57 Å². The van der Waals surface area contributed by atoms with Gasteiger partial charge in [-0.1, -0.05) is 0 Å². The molecular weight excluding hydrogens is 148 g/mol. The van der Waals surface area contributed by atoms with E-state index in [1.807, 2.05) is 29.0 Å². The molecule has 0 atom stereocenters. The molecule has 1 aromatic rings. The average Bonchev–Trinajstić information content (AvgIpc) is 2.15. The van der Waals surface area contributed by atoms with Crippen LogP contribution in [0.5, 0.6) is 0 Å². The fraction of sp³-hybridized carbons (Fsp3) is 0.300. The Labute approximate surface area is 73.0 Å². The Kier molecular flexibility index (Phi) is 3.31. The van der Waals surface area contributed by atoms with E-state index < -0.39 is 0 Å². The number of terminal acetylenes is 1. The summed E-state index contributed by atoms with van der Waals surface area (Å²) in [5.41, 5.74) is 6.31. The highest BCUT2D eigenvalue weighted by atomic mass is 14.9. The quantitative estimate of drug-likeness (QED) is 0.501. The molecule has 0 amide bonds. The average molecular weight is 161 g/mol. The SMILES string of the molecule is C#Cc1cccc[n+]1CCCN. The van der Waals surface area contributed by atoms with Crippen LogP contribution >= 0.6 is 0 Å². The molecule has 0 bridgehead atoms. The minimum atomic E-state index is 0.700. The molecule has 0 saturated heterocycles. The number of nitrogens with zero attached hydrogens (tertiary/aromatic N) is 1. The van der Waals surface area contributed by atoms with E-state index in [2.05, 4.69) is 5.92 Å². The van der Waals surface area contributed by atoms with E-state index in [0.717, 1.165) is 18.7 Å². The van der Waals surface area contributed by atoms with Crippen molar-refractivity contribution in [2.75, 3.05) is 6.54 Å². The lowest BCUT2D eigenvalue weighted by Crippen LogP contribution is -2.37. The van der Waals surface area contributed by atoms with E-state index >= 15 is 0 Å². The first-order chi connectivity index (χ1) is 5.88. The van der Waals surface area contributed by atoms with Crippen molar-refractivity contribution in [3.05, 3.63) is 30.1 Å². The Bertz CT molecular complexity index is 286.